The van der Waals surface area contributed by atoms with Crippen LogP contribution in [0.5, 0.6) is 0 Å². The molecule has 1 aliphatic carbocycles. The lowest BCUT2D eigenvalue weighted by molar-refractivity contribution is -0.140. The average Bonchev–Trinajstić information content (AvgIpc) is 3.10. The van der Waals surface area contributed by atoms with Crippen LogP contribution in [0.25, 0.3) is 0 Å². The summed E-state index contributed by atoms with van der Waals surface area (Å²) in [6.45, 7) is 5.85. The maximum absolute atomic E-state index is 14.0. The molecular weight excluding hydrogens is 468 g/mol. The van der Waals surface area contributed by atoms with Gasteiger partial charge in [0.05, 0.1) is 6.61 Å². The fourth-order valence-corrected chi connectivity index (χ4v) is 5.89. The summed E-state index contributed by atoms with van der Waals surface area (Å²) in [5.74, 6) is -1.27. The number of carbonyl (C=O) groups is 3. The largest absolute Gasteiger partial charge is 0.462 e. The molecule has 0 bridgehead atoms. The zero-order valence-electron chi connectivity index (χ0n) is 21.8. The van der Waals surface area contributed by atoms with E-state index in [1.165, 1.54) is 0 Å². The van der Waals surface area contributed by atoms with Crippen LogP contribution >= 0.6 is 0 Å². The van der Waals surface area contributed by atoms with Gasteiger partial charge < -0.3 is 20.7 Å². The number of esters is 1. The number of Topliss-reactive ketones (excluding diaryl/α,β-unsaturated/α-hetero) is 1. The third-order valence-electron chi connectivity index (χ3n) is 7.39. The minimum Gasteiger partial charge on any atom is -0.462 e. The van der Waals surface area contributed by atoms with E-state index in [4.69, 9.17) is 10.5 Å². The second-order valence-electron chi connectivity index (χ2n) is 10.7. The first-order valence-electron chi connectivity index (χ1n) is 12.5. The van der Waals surface area contributed by atoms with Crippen LogP contribution < -0.4 is 20.9 Å². The van der Waals surface area contributed by atoms with E-state index in [1.807, 2.05) is 57.1 Å². The number of nitrogens with zero attached hydrogens (tertiary/aromatic N) is 2. The standard InChI is InChI=1S/C29H32N4O4/c1-6-37-26(35)24-25(30)33(18-13-11-17(12-14-18)32(4)5)21-15-28(2,3)16-22(34)23(21)29(24)19-9-7-8-10-20(19)31-27(29)36/h7-14H,6,15-16,30H2,1-5H3,(H,31,36). The van der Waals surface area contributed by atoms with Gasteiger partial charge in [0.15, 0.2) is 5.78 Å². The van der Waals surface area contributed by atoms with E-state index in [9.17, 15) is 14.4 Å². The number of ether oxygens (including phenoxy) is 1. The van der Waals surface area contributed by atoms with Gasteiger partial charge in [-0.15, -0.1) is 0 Å². The normalized spacial score (nSPS) is 22.1. The van der Waals surface area contributed by atoms with E-state index in [-0.39, 0.29) is 35.6 Å². The summed E-state index contributed by atoms with van der Waals surface area (Å²) in [4.78, 5) is 45.4. The summed E-state index contributed by atoms with van der Waals surface area (Å²) in [5.41, 5.74) is 8.50. The number of nitrogens with one attached hydrogen (secondary N) is 1. The lowest BCUT2D eigenvalue weighted by atomic mass is 9.60. The third-order valence-corrected chi connectivity index (χ3v) is 7.39. The summed E-state index contributed by atoms with van der Waals surface area (Å²) in [6.07, 6.45) is 0.740. The van der Waals surface area contributed by atoms with Gasteiger partial charge in [0, 0.05) is 54.4 Å². The van der Waals surface area contributed by atoms with Gasteiger partial charge in [-0.1, -0.05) is 32.0 Å². The molecule has 3 aliphatic rings. The van der Waals surface area contributed by atoms with Crippen molar-refractivity contribution in [3.05, 3.63) is 76.8 Å². The van der Waals surface area contributed by atoms with E-state index in [0.717, 1.165) is 5.69 Å². The second kappa shape index (κ2) is 8.50. The number of amides is 1. The fourth-order valence-electron chi connectivity index (χ4n) is 5.89. The van der Waals surface area contributed by atoms with Gasteiger partial charge in [-0.25, -0.2) is 4.79 Å². The predicted molar refractivity (Wildman–Crippen MR) is 143 cm³/mol. The first kappa shape index (κ1) is 24.6. The van der Waals surface area contributed by atoms with Gasteiger partial charge in [0.1, 0.15) is 16.8 Å². The molecule has 2 heterocycles. The van der Waals surface area contributed by atoms with Crippen molar-refractivity contribution in [3.63, 3.8) is 0 Å². The predicted octanol–water partition coefficient (Wildman–Crippen LogP) is 3.84. The summed E-state index contributed by atoms with van der Waals surface area (Å²) in [7, 11) is 3.90. The Morgan fingerprint density at radius 3 is 2.41 bits per heavy atom. The molecule has 2 aliphatic heterocycles. The molecule has 2 aromatic carbocycles. The lowest BCUT2D eigenvalue weighted by Gasteiger charge is -2.47. The smallest absolute Gasteiger partial charge is 0.339 e. The molecule has 8 heteroatoms. The maximum Gasteiger partial charge on any atom is 0.339 e. The summed E-state index contributed by atoms with van der Waals surface area (Å²) in [5, 5.41) is 2.91. The van der Waals surface area contributed by atoms with E-state index in [2.05, 4.69) is 5.32 Å². The summed E-state index contributed by atoms with van der Waals surface area (Å²) in [6, 6.07) is 14.9. The molecule has 1 atom stereocenters. The van der Waals surface area contributed by atoms with Gasteiger partial charge in [-0.05, 0) is 49.1 Å². The van der Waals surface area contributed by atoms with Gasteiger partial charge in [-0.2, -0.15) is 0 Å². The van der Waals surface area contributed by atoms with Crippen molar-refractivity contribution in [1.82, 2.24) is 0 Å². The Balaban J connectivity index is 1.87. The monoisotopic (exact) mass is 500 g/mol. The van der Waals surface area contributed by atoms with Crippen LogP contribution in [0.2, 0.25) is 0 Å². The van der Waals surface area contributed by atoms with Gasteiger partial charge in [0.2, 0.25) is 5.91 Å². The Morgan fingerprint density at radius 2 is 1.76 bits per heavy atom. The number of anilines is 3. The number of hydrogen-bond donors (Lipinski definition) is 2. The van der Waals surface area contributed by atoms with Crippen molar-refractivity contribution >= 4 is 34.7 Å². The number of para-hydroxylation sites is 1. The van der Waals surface area contributed by atoms with Crippen molar-refractivity contribution in [3.8, 4) is 0 Å². The number of benzene rings is 2. The highest BCUT2D eigenvalue weighted by Gasteiger charge is 2.62. The summed E-state index contributed by atoms with van der Waals surface area (Å²) >= 11 is 0. The SMILES string of the molecule is CCOC(=O)C1=C(N)N(c2ccc(N(C)C)cc2)C2=C(C(=O)CC(C)(C)C2)C12C(=O)Nc1ccccc12. The number of fused-ring (bicyclic) bond motifs is 3. The van der Waals surface area contributed by atoms with Crippen molar-refractivity contribution < 1.29 is 19.1 Å². The molecule has 3 N–H and O–H groups in total. The van der Waals surface area contributed by atoms with E-state index in [1.54, 1.807) is 36.1 Å². The number of hydrogen-bond acceptors (Lipinski definition) is 7. The molecule has 0 aromatic heterocycles. The Morgan fingerprint density at radius 1 is 1.08 bits per heavy atom. The molecule has 1 spiro atoms. The van der Waals surface area contributed by atoms with Crippen LogP contribution in [0, 0.1) is 5.41 Å². The molecule has 2 aromatic rings. The van der Waals surface area contributed by atoms with Gasteiger partial charge in [0.25, 0.3) is 0 Å². The molecule has 0 saturated heterocycles. The Hall–Kier alpha value is -4.07. The van der Waals surface area contributed by atoms with Crippen molar-refractivity contribution in [2.75, 3.05) is 35.8 Å². The van der Waals surface area contributed by atoms with Crippen LogP contribution in [0.4, 0.5) is 17.1 Å². The van der Waals surface area contributed by atoms with E-state index >= 15 is 0 Å². The summed E-state index contributed by atoms with van der Waals surface area (Å²) < 4.78 is 5.47. The zero-order chi connectivity index (χ0) is 26.7. The third kappa shape index (κ3) is 3.54. The van der Waals surface area contributed by atoms with Crippen LogP contribution in [-0.2, 0) is 24.5 Å². The molecule has 5 rings (SSSR count). The quantitative estimate of drug-likeness (QED) is 0.615. The van der Waals surface area contributed by atoms with E-state index < -0.39 is 17.3 Å². The molecular formula is C29H32N4O4. The number of allylic oxidation sites excluding steroid dienone is 1. The second-order valence-corrected chi connectivity index (χ2v) is 10.7. The molecule has 192 valence electrons. The Labute approximate surface area is 216 Å². The van der Waals surface area contributed by atoms with Crippen LogP contribution in [-0.4, -0.2) is 38.4 Å². The van der Waals surface area contributed by atoms with Crippen LogP contribution in [0.15, 0.2) is 71.2 Å². The molecule has 37 heavy (non-hydrogen) atoms. The van der Waals surface area contributed by atoms with Crippen molar-refractivity contribution in [1.29, 1.82) is 0 Å². The van der Waals surface area contributed by atoms with E-state index in [0.29, 0.717) is 34.6 Å². The van der Waals surface area contributed by atoms with Crippen LogP contribution in [0.1, 0.15) is 39.2 Å². The van der Waals surface area contributed by atoms with Crippen LogP contribution in [0.3, 0.4) is 0 Å². The number of nitrogens with two attached hydrogens (primary N) is 1. The maximum atomic E-state index is 14.0. The minimum absolute atomic E-state index is 0.0275. The van der Waals surface area contributed by atoms with Gasteiger partial charge >= 0.3 is 5.97 Å². The molecule has 0 fully saturated rings. The Bertz CT molecular complexity index is 1390. The van der Waals surface area contributed by atoms with Crippen molar-refractivity contribution in [2.24, 2.45) is 11.1 Å². The molecule has 0 saturated carbocycles. The molecule has 0 radical (unpaired) electrons. The first-order chi connectivity index (χ1) is 17.5. The molecule has 1 amide bonds. The minimum atomic E-state index is -1.68. The Kier molecular flexibility index (Phi) is 5.66. The highest BCUT2D eigenvalue weighted by molar-refractivity contribution is 6.23. The highest BCUT2D eigenvalue weighted by Crippen LogP contribution is 2.57. The zero-order valence-corrected chi connectivity index (χ0v) is 21.8. The fraction of sp³-hybridized carbons (Fsp3) is 0.345. The molecule has 1 unspecified atom stereocenters. The number of ketones is 1. The van der Waals surface area contributed by atoms with Gasteiger partial charge in [-0.3, -0.25) is 14.5 Å². The first-order valence-corrected chi connectivity index (χ1v) is 12.5. The van der Waals surface area contributed by atoms with Crippen molar-refractivity contribution in [2.45, 2.75) is 39.0 Å². The topological polar surface area (TPSA) is 105 Å². The molecule has 8 nitrogen and oxygen atoms in total. The number of rotatable bonds is 4. The number of carbonyl (C=O) groups excluding carboxylic acids is 3. The highest BCUT2D eigenvalue weighted by atomic mass is 16.5. The average molecular weight is 501 g/mol. The lowest BCUT2D eigenvalue weighted by Crippen LogP contribution is -2.54.